The van der Waals surface area contributed by atoms with E-state index < -0.39 is 0 Å². The van der Waals surface area contributed by atoms with Crippen molar-refractivity contribution in [3.8, 4) is 11.3 Å². The standard InChI is InChI=1S/C28H29N5O2S/c1-5-20-21(6-2)30-23-14-19(7-9-22(23)29-20)26(34)32-28-31-24(15-36-28)17-8-10-25-18(13-17)11-12-33(25)27(35)16(3)4/h7-10,13-16H,5-6,11-12H2,1-4H3,(H,31,32,34). The smallest absolute Gasteiger partial charge is 0.257 e. The lowest BCUT2D eigenvalue weighted by Crippen LogP contribution is -2.32. The molecule has 0 aliphatic carbocycles. The third kappa shape index (κ3) is 4.48. The van der Waals surface area contributed by atoms with Crippen LogP contribution >= 0.6 is 11.3 Å². The number of thiazole rings is 1. The molecule has 8 heteroatoms. The molecule has 5 rings (SSSR count). The fourth-order valence-electron chi connectivity index (χ4n) is 4.57. The molecule has 2 aromatic heterocycles. The van der Waals surface area contributed by atoms with E-state index in [1.807, 2.05) is 42.3 Å². The Labute approximate surface area is 214 Å². The van der Waals surface area contributed by atoms with Crippen molar-refractivity contribution in [2.75, 3.05) is 16.8 Å². The van der Waals surface area contributed by atoms with Gasteiger partial charge < -0.3 is 4.90 Å². The highest BCUT2D eigenvalue weighted by Crippen LogP contribution is 2.34. The summed E-state index contributed by atoms with van der Waals surface area (Å²) in [6, 6.07) is 11.5. The van der Waals surface area contributed by atoms with Gasteiger partial charge >= 0.3 is 0 Å². The average molecular weight is 500 g/mol. The van der Waals surface area contributed by atoms with E-state index in [0.29, 0.717) is 17.2 Å². The Morgan fingerprint density at radius 1 is 1.00 bits per heavy atom. The van der Waals surface area contributed by atoms with Gasteiger partial charge in [-0.05, 0) is 55.2 Å². The molecule has 184 valence electrons. The number of aromatic nitrogens is 3. The minimum atomic E-state index is -0.228. The van der Waals surface area contributed by atoms with Crippen LogP contribution < -0.4 is 10.2 Å². The number of aryl methyl sites for hydroxylation is 2. The van der Waals surface area contributed by atoms with Crippen LogP contribution in [0.2, 0.25) is 0 Å². The van der Waals surface area contributed by atoms with Crippen molar-refractivity contribution in [1.29, 1.82) is 0 Å². The molecule has 1 N–H and O–H groups in total. The van der Waals surface area contributed by atoms with Crippen LogP contribution in [-0.4, -0.2) is 33.3 Å². The normalized spacial score (nSPS) is 12.9. The fourth-order valence-corrected chi connectivity index (χ4v) is 5.28. The average Bonchev–Trinajstić information content (AvgIpc) is 3.53. The summed E-state index contributed by atoms with van der Waals surface area (Å²) in [4.78, 5) is 41.4. The summed E-state index contributed by atoms with van der Waals surface area (Å²) in [5.74, 6) is -0.108. The number of hydrogen-bond acceptors (Lipinski definition) is 6. The highest BCUT2D eigenvalue weighted by Gasteiger charge is 2.26. The summed E-state index contributed by atoms with van der Waals surface area (Å²) in [7, 11) is 0. The van der Waals surface area contributed by atoms with Gasteiger partial charge in [0.25, 0.3) is 5.91 Å². The van der Waals surface area contributed by atoms with Crippen molar-refractivity contribution in [1.82, 2.24) is 15.0 Å². The summed E-state index contributed by atoms with van der Waals surface area (Å²) in [6.07, 6.45) is 2.47. The summed E-state index contributed by atoms with van der Waals surface area (Å²) in [5, 5.41) is 5.39. The monoisotopic (exact) mass is 499 g/mol. The number of benzene rings is 2. The maximum absolute atomic E-state index is 13.0. The first kappa shape index (κ1) is 24.1. The van der Waals surface area contributed by atoms with Crippen LogP contribution in [-0.2, 0) is 24.1 Å². The van der Waals surface area contributed by atoms with E-state index >= 15 is 0 Å². The number of carbonyl (C=O) groups excluding carboxylic acids is 2. The summed E-state index contributed by atoms with van der Waals surface area (Å²) < 4.78 is 0. The molecule has 0 saturated carbocycles. The van der Waals surface area contributed by atoms with E-state index in [-0.39, 0.29) is 17.7 Å². The van der Waals surface area contributed by atoms with E-state index in [4.69, 9.17) is 9.97 Å². The number of nitrogens with zero attached hydrogens (tertiary/aromatic N) is 4. The van der Waals surface area contributed by atoms with Gasteiger partial charge in [-0.15, -0.1) is 11.3 Å². The molecule has 36 heavy (non-hydrogen) atoms. The Morgan fingerprint density at radius 2 is 1.75 bits per heavy atom. The first-order valence-electron chi connectivity index (χ1n) is 12.4. The zero-order valence-electron chi connectivity index (χ0n) is 21.0. The lowest BCUT2D eigenvalue weighted by Gasteiger charge is -2.19. The molecular weight excluding hydrogens is 470 g/mol. The van der Waals surface area contributed by atoms with E-state index in [0.717, 1.165) is 64.2 Å². The first-order chi connectivity index (χ1) is 17.4. The van der Waals surface area contributed by atoms with Crippen molar-refractivity contribution < 1.29 is 9.59 Å². The summed E-state index contributed by atoms with van der Waals surface area (Å²) >= 11 is 1.39. The van der Waals surface area contributed by atoms with Crippen LogP contribution in [0.3, 0.4) is 0 Å². The second kappa shape index (κ2) is 9.78. The molecule has 4 aromatic rings. The van der Waals surface area contributed by atoms with Crippen LogP contribution in [0, 0.1) is 5.92 Å². The molecule has 0 fully saturated rings. The molecule has 3 heterocycles. The predicted molar refractivity (Wildman–Crippen MR) is 145 cm³/mol. The zero-order chi connectivity index (χ0) is 25.4. The Hall–Kier alpha value is -3.65. The van der Waals surface area contributed by atoms with Crippen molar-refractivity contribution in [2.45, 2.75) is 47.0 Å². The molecule has 2 amide bonds. The molecule has 0 saturated heterocycles. The number of anilines is 2. The number of amides is 2. The Bertz CT molecular complexity index is 1480. The first-order valence-corrected chi connectivity index (χ1v) is 13.3. The van der Waals surface area contributed by atoms with E-state index in [9.17, 15) is 9.59 Å². The Kier molecular flexibility index (Phi) is 6.53. The number of rotatable bonds is 6. The van der Waals surface area contributed by atoms with Gasteiger partial charge in [0.15, 0.2) is 5.13 Å². The molecule has 7 nitrogen and oxygen atoms in total. The number of nitrogens with one attached hydrogen (secondary N) is 1. The topological polar surface area (TPSA) is 88.1 Å². The van der Waals surface area contributed by atoms with E-state index in [1.54, 1.807) is 12.1 Å². The molecule has 0 bridgehead atoms. The van der Waals surface area contributed by atoms with Gasteiger partial charge in [0.1, 0.15) is 0 Å². The molecular formula is C28H29N5O2S. The summed E-state index contributed by atoms with van der Waals surface area (Å²) in [5.41, 5.74) is 7.92. The maximum atomic E-state index is 13.0. The van der Waals surface area contributed by atoms with Gasteiger partial charge in [-0.25, -0.2) is 15.0 Å². The molecule has 1 aliphatic heterocycles. The predicted octanol–water partition coefficient (Wildman–Crippen LogP) is 5.68. The lowest BCUT2D eigenvalue weighted by molar-refractivity contribution is -0.121. The lowest BCUT2D eigenvalue weighted by atomic mass is 10.1. The second-order valence-electron chi connectivity index (χ2n) is 9.26. The van der Waals surface area contributed by atoms with Crippen molar-refractivity contribution in [2.24, 2.45) is 5.92 Å². The Balaban J connectivity index is 1.33. The van der Waals surface area contributed by atoms with E-state index in [1.165, 1.54) is 11.3 Å². The molecule has 0 spiro atoms. The number of fused-ring (bicyclic) bond motifs is 2. The number of hydrogen-bond donors (Lipinski definition) is 1. The molecule has 0 unspecified atom stereocenters. The molecule has 0 atom stereocenters. The third-order valence-electron chi connectivity index (χ3n) is 6.51. The number of carbonyl (C=O) groups is 2. The fraction of sp³-hybridized carbons (Fsp3) is 0.321. The third-order valence-corrected chi connectivity index (χ3v) is 7.26. The minimum Gasteiger partial charge on any atom is -0.312 e. The SMILES string of the molecule is CCc1nc2ccc(C(=O)Nc3nc(-c4ccc5c(c4)CCN5C(=O)C(C)C)cs3)cc2nc1CC. The van der Waals surface area contributed by atoms with Crippen LogP contribution in [0.1, 0.15) is 55.0 Å². The van der Waals surface area contributed by atoms with Crippen molar-refractivity contribution >= 4 is 45.0 Å². The maximum Gasteiger partial charge on any atom is 0.257 e. The highest BCUT2D eigenvalue weighted by molar-refractivity contribution is 7.14. The van der Waals surface area contributed by atoms with Gasteiger partial charge in [-0.3, -0.25) is 14.9 Å². The van der Waals surface area contributed by atoms with Crippen molar-refractivity contribution in [3.05, 3.63) is 64.3 Å². The van der Waals surface area contributed by atoms with Crippen LogP contribution in [0.5, 0.6) is 0 Å². The summed E-state index contributed by atoms with van der Waals surface area (Å²) in [6.45, 7) is 8.70. The minimum absolute atomic E-state index is 0.0301. The van der Waals surface area contributed by atoms with Crippen LogP contribution in [0.25, 0.3) is 22.3 Å². The van der Waals surface area contributed by atoms with Gasteiger partial charge in [-0.1, -0.05) is 33.8 Å². The second-order valence-corrected chi connectivity index (χ2v) is 10.1. The van der Waals surface area contributed by atoms with Gasteiger partial charge in [0, 0.05) is 34.7 Å². The van der Waals surface area contributed by atoms with Gasteiger partial charge in [0.2, 0.25) is 5.91 Å². The van der Waals surface area contributed by atoms with Crippen molar-refractivity contribution in [3.63, 3.8) is 0 Å². The van der Waals surface area contributed by atoms with Gasteiger partial charge in [0.05, 0.1) is 28.1 Å². The van der Waals surface area contributed by atoms with E-state index in [2.05, 4.69) is 30.2 Å². The van der Waals surface area contributed by atoms with Crippen LogP contribution in [0.4, 0.5) is 10.8 Å². The zero-order valence-corrected chi connectivity index (χ0v) is 21.8. The molecule has 0 radical (unpaired) electrons. The van der Waals surface area contributed by atoms with Gasteiger partial charge in [-0.2, -0.15) is 0 Å². The van der Waals surface area contributed by atoms with Crippen LogP contribution in [0.15, 0.2) is 41.8 Å². The molecule has 1 aliphatic rings. The highest BCUT2D eigenvalue weighted by atomic mass is 32.1. The Morgan fingerprint density at radius 3 is 2.47 bits per heavy atom. The quantitative estimate of drug-likeness (QED) is 0.369. The largest absolute Gasteiger partial charge is 0.312 e. The molecule has 2 aromatic carbocycles.